The van der Waals surface area contributed by atoms with Crippen LogP contribution in [0.2, 0.25) is 0 Å². The zero-order valence-corrected chi connectivity index (χ0v) is 17.2. The Hall–Kier alpha value is -2.03. The van der Waals surface area contributed by atoms with E-state index in [0.29, 0.717) is 13.0 Å². The van der Waals surface area contributed by atoms with Gasteiger partial charge in [-0.2, -0.15) is 0 Å². The first-order valence-corrected chi connectivity index (χ1v) is 11.7. The predicted octanol–water partition coefficient (Wildman–Crippen LogP) is 3.92. The van der Waals surface area contributed by atoms with E-state index in [1.54, 1.807) is 11.8 Å². The first kappa shape index (κ1) is 19.3. The number of nitrogens with zero attached hydrogens (tertiary/aromatic N) is 1. The molecular weight excluding hydrogens is 396 g/mol. The standard InChI is InChI=1S/C20H22N2O4S2/c1-14(26-20(23)9-11-22-10-4-12-28(22,24)25)15-7-8-19-17(13-15)21-16-5-2-3-6-18(16)27-19/h2-3,5-8,13-14,21H,4,9-12H2,1H3/t14-/m0/s1. The van der Waals surface area contributed by atoms with Gasteiger partial charge in [-0.1, -0.05) is 30.0 Å². The smallest absolute Gasteiger partial charge is 0.307 e. The number of esters is 1. The number of carbonyl (C=O) groups is 1. The summed E-state index contributed by atoms with van der Waals surface area (Å²) < 4.78 is 30.5. The molecule has 0 aliphatic carbocycles. The molecule has 0 radical (unpaired) electrons. The zero-order valence-electron chi connectivity index (χ0n) is 15.6. The number of rotatable bonds is 5. The highest BCUT2D eigenvalue weighted by molar-refractivity contribution is 7.99. The van der Waals surface area contributed by atoms with E-state index in [4.69, 9.17) is 4.74 Å². The number of benzene rings is 2. The summed E-state index contributed by atoms with van der Waals surface area (Å²) in [5, 5.41) is 3.43. The summed E-state index contributed by atoms with van der Waals surface area (Å²) in [5.74, 6) is -0.221. The number of hydrogen-bond donors (Lipinski definition) is 1. The largest absolute Gasteiger partial charge is 0.458 e. The molecule has 0 bridgehead atoms. The van der Waals surface area contributed by atoms with Crippen molar-refractivity contribution in [1.29, 1.82) is 0 Å². The van der Waals surface area contributed by atoms with Gasteiger partial charge in [0.05, 0.1) is 23.5 Å². The second kappa shape index (κ2) is 7.77. The summed E-state index contributed by atoms with van der Waals surface area (Å²) >= 11 is 1.71. The molecule has 8 heteroatoms. The highest BCUT2D eigenvalue weighted by atomic mass is 32.2. The zero-order chi connectivity index (χ0) is 19.7. The van der Waals surface area contributed by atoms with Crippen LogP contribution in [0.4, 0.5) is 11.4 Å². The van der Waals surface area contributed by atoms with Gasteiger partial charge in [0.1, 0.15) is 6.10 Å². The Balaban J connectivity index is 1.38. The Morgan fingerprint density at radius 2 is 2.00 bits per heavy atom. The van der Waals surface area contributed by atoms with Crippen molar-refractivity contribution >= 4 is 39.1 Å². The monoisotopic (exact) mass is 418 g/mol. The van der Waals surface area contributed by atoms with E-state index < -0.39 is 16.1 Å². The maximum atomic E-state index is 12.2. The normalized spacial score (nSPS) is 18.6. The molecule has 1 atom stereocenters. The summed E-state index contributed by atoms with van der Waals surface area (Å²) in [6.45, 7) is 2.50. The van der Waals surface area contributed by atoms with Crippen LogP contribution in [-0.2, 0) is 19.6 Å². The third kappa shape index (κ3) is 4.04. The van der Waals surface area contributed by atoms with Crippen LogP contribution in [0.15, 0.2) is 52.3 Å². The summed E-state index contributed by atoms with van der Waals surface area (Å²) in [7, 11) is -3.18. The Kier molecular flexibility index (Phi) is 5.35. The summed E-state index contributed by atoms with van der Waals surface area (Å²) in [4.78, 5) is 14.5. The lowest BCUT2D eigenvalue weighted by atomic mass is 10.1. The number of nitrogens with one attached hydrogen (secondary N) is 1. The van der Waals surface area contributed by atoms with E-state index in [2.05, 4.69) is 11.4 Å². The molecule has 0 amide bonds. The topological polar surface area (TPSA) is 75.7 Å². The van der Waals surface area contributed by atoms with E-state index in [1.165, 1.54) is 9.20 Å². The van der Waals surface area contributed by atoms with Gasteiger partial charge in [0.2, 0.25) is 10.0 Å². The lowest BCUT2D eigenvalue weighted by molar-refractivity contribution is -0.148. The molecule has 1 fully saturated rings. The maximum absolute atomic E-state index is 12.2. The van der Waals surface area contributed by atoms with Crippen molar-refractivity contribution in [2.45, 2.75) is 35.7 Å². The van der Waals surface area contributed by atoms with Gasteiger partial charge in [-0.3, -0.25) is 4.79 Å². The van der Waals surface area contributed by atoms with Crippen LogP contribution in [0.25, 0.3) is 0 Å². The third-order valence-corrected chi connectivity index (χ3v) is 8.03. The first-order valence-electron chi connectivity index (χ1n) is 9.27. The molecule has 28 heavy (non-hydrogen) atoms. The lowest BCUT2D eigenvalue weighted by Gasteiger charge is -2.22. The van der Waals surface area contributed by atoms with Crippen molar-refractivity contribution in [3.63, 3.8) is 0 Å². The van der Waals surface area contributed by atoms with Crippen molar-refractivity contribution in [1.82, 2.24) is 4.31 Å². The molecule has 2 aliphatic heterocycles. The number of fused-ring (bicyclic) bond motifs is 2. The molecule has 0 aromatic heterocycles. The van der Waals surface area contributed by atoms with Crippen LogP contribution in [0.3, 0.4) is 0 Å². The number of ether oxygens (including phenoxy) is 1. The Bertz CT molecular complexity index is 1010. The van der Waals surface area contributed by atoms with Gasteiger partial charge in [-0.15, -0.1) is 0 Å². The van der Waals surface area contributed by atoms with Gasteiger partial charge in [-0.05, 0) is 43.2 Å². The minimum Gasteiger partial charge on any atom is -0.458 e. The molecule has 6 nitrogen and oxygen atoms in total. The molecule has 2 heterocycles. The SMILES string of the molecule is C[C@H](OC(=O)CCN1CCCS1(=O)=O)c1ccc2c(c1)Nc1ccccc1S2. The van der Waals surface area contributed by atoms with Crippen molar-refractivity contribution < 1.29 is 17.9 Å². The fourth-order valence-corrected chi connectivity index (χ4v) is 5.89. The van der Waals surface area contributed by atoms with Crippen LogP contribution < -0.4 is 5.32 Å². The third-order valence-electron chi connectivity index (χ3n) is 4.93. The first-order chi connectivity index (χ1) is 13.4. The van der Waals surface area contributed by atoms with Gasteiger partial charge in [-0.25, -0.2) is 12.7 Å². The molecule has 2 aromatic carbocycles. The average Bonchev–Trinajstić information content (AvgIpc) is 3.02. The number of carbonyl (C=O) groups excluding carboxylic acids is 1. The van der Waals surface area contributed by atoms with E-state index >= 15 is 0 Å². The fraction of sp³-hybridized carbons (Fsp3) is 0.350. The minimum atomic E-state index is -3.18. The Morgan fingerprint density at radius 1 is 1.21 bits per heavy atom. The fourth-order valence-electron chi connectivity index (χ4n) is 3.39. The summed E-state index contributed by atoms with van der Waals surface area (Å²) in [6.07, 6.45) is 0.282. The van der Waals surface area contributed by atoms with E-state index in [0.717, 1.165) is 21.8 Å². The number of para-hydroxylation sites is 1. The van der Waals surface area contributed by atoms with Crippen LogP contribution >= 0.6 is 11.8 Å². The van der Waals surface area contributed by atoms with Gasteiger partial charge < -0.3 is 10.1 Å². The average molecular weight is 419 g/mol. The van der Waals surface area contributed by atoms with Crippen molar-refractivity contribution in [3.05, 3.63) is 48.0 Å². The Morgan fingerprint density at radius 3 is 2.79 bits per heavy atom. The molecule has 2 aliphatic rings. The molecule has 4 rings (SSSR count). The predicted molar refractivity (Wildman–Crippen MR) is 109 cm³/mol. The molecule has 148 valence electrons. The second-order valence-electron chi connectivity index (χ2n) is 6.93. The lowest BCUT2D eigenvalue weighted by Crippen LogP contribution is -2.28. The molecule has 0 saturated carbocycles. The van der Waals surface area contributed by atoms with Crippen molar-refractivity contribution in [3.8, 4) is 0 Å². The van der Waals surface area contributed by atoms with Crippen molar-refractivity contribution in [2.75, 3.05) is 24.2 Å². The quantitative estimate of drug-likeness (QED) is 0.633. The summed E-state index contributed by atoms with van der Waals surface area (Å²) in [5.41, 5.74) is 2.95. The molecular formula is C20H22N2O4S2. The molecule has 0 spiro atoms. The van der Waals surface area contributed by atoms with Crippen LogP contribution in [0.1, 0.15) is 31.4 Å². The maximum Gasteiger partial charge on any atom is 0.307 e. The summed E-state index contributed by atoms with van der Waals surface area (Å²) in [6, 6.07) is 14.1. The molecule has 0 unspecified atom stereocenters. The van der Waals surface area contributed by atoms with Crippen LogP contribution in [0.5, 0.6) is 0 Å². The highest BCUT2D eigenvalue weighted by Gasteiger charge is 2.28. The molecule has 1 N–H and O–H groups in total. The highest BCUT2D eigenvalue weighted by Crippen LogP contribution is 2.44. The molecule has 2 aromatic rings. The Labute approximate surface area is 169 Å². The van der Waals surface area contributed by atoms with E-state index in [1.807, 2.05) is 43.3 Å². The van der Waals surface area contributed by atoms with Crippen molar-refractivity contribution in [2.24, 2.45) is 0 Å². The molecule has 1 saturated heterocycles. The number of sulfonamides is 1. The van der Waals surface area contributed by atoms with E-state index in [-0.39, 0.29) is 24.7 Å². The minimum absolute atomic E-state index is 0.0655. The van der Waals surface area contributed by atoms with Crippen LogP contribution in [0, 0.1) is 0 Å². The van der Waals surface area contributed by atoms with Gasteiger partial charge in [0, 0.05) is 22.9 Å². The van der Waals surface area contributed by atoms with Gasteiger partial charge >= 0.3 is 5.97 Å². The van der Waals surface area contributed by atoms with Gasteiger partial charge in [0.15, 0.2) is 0 Å². The second-order valence-corrected chi connectivity index (χ2v) is 10.1. The number of anilines is 2. The number of hydrogen-bond acceptors (Lipinski definition) is 6. The van der Waals surface area contributed by atoms with Gasteiger partial charge in [0.25, 0.3) is 0 Å². The van der Waals surface area contributed by atoms with E-state index in [9.17, 15) is 13.2 Å². The van der Waals surface area contributed by atoms with Crippen LogP contribution in [-0.4, -0.2) is 37.5 Å².